The first-order valence-corrected chi connectivity index (χ1v) is 6.21. The summed E-state index contributed by atoms with van der Waals surface area (Å²) >= 11 is 0. The lowest BCUT2D eigenvalue weighted by Crippen LogP contribution is -2.02. The van der Waals surface area contributed by atoms with Gasteiger partial charge in [-0.3, -0.25) is 0 Å². The van der Waals surface area contributed by atoms with E-state index in [9.17, 15) is 4.39 Å². The molecule has 3 aromatic rings. The fraction of sp³-hybridized carbons (Fsp3) is 0.0625. The van der Waals surface area contributed by atoms with Crippen LogP contribution in [0.25, 0.3) is 10.9 Å². The van der Waals surface area contributed by atoms with Gasteiger partial charge in [0.15, 0.2) is 0 Å². The van der Waals surface area contributed by atoms with Gasteiger partial charge in [-0.2, -0.15) is 5.26 Å². The first kappa shape index (κ1) is 12.2. The molecule has 0 amide bonds. The normalized spacial score (nSPS) is 10.6. The van der Waals surface area contributed by atoms with E-state index in [4.69, 9.17) is 11.0 Å². The lowest BCUT2D eigenvalue weighted by molar-refractivity contribution is 0.598. The van der Waals surface area contributed by atoms with Crippen molar-refractivity contribution in [2.24, 2.45) is 0 Å². The van der Waals surface area contributed by atoms with Crippen LogP contribution >= 0.6 is 0 Å². The molecule has 4 heteroatoms. The number of fused-ring (bicyclic) bond motifs is 1. The summed E-state index contributed by atoms with van der Waals surface area (Å²) in [5.41, 5.74) is 7.97. The number of hydrogen-bond acceptors (Lipinski definition) is 2. The molecule has 0 radical (unpaired) electrons. The summed E-state index contributed by atoms with van der Waals surface area (Å²) in [6.45, 7) is 0.369. The van der Waals surface area contributed by atoms with Crippen LogP contribution in [0.5, 0.6) is 0 Å². The summed E-state index contributed by atoms with van der Waals surface area (Å²) in [6.07, 6.45) is 1.89. The van der Waals surface area contributed by atoms with Crippen LogP contribution < -0.4 is 5.73 Å². The van der Waals surface area contributed by atoms with Crippen LogP contribution in [0.3, 0.4) is 0 Å². The summed E-state index contributed by atoms with van der Waals surface area (Å²) in [6, 6.07) is 14.3. The Morgan fingerprint density at radius 1 is 1.20 bits per heavy atom. The minimum Gasteiger partial charge on any atom is -0.399 e. The summed E-state index contributed by atoms with van der Waals surface area (Å²) in [7, 11) is 0. The zero-order valence-corrected chi connectivity index (χ0v) is 10.7. The highest BCUT2D eigenvalue weighted by Crippen LogP contribution is 2.21. The monoisotopic (exact) mass is 265 g/mol. The number of benzene rings is 2. The second kappa shape index (κ2) is 4.71. The van der Waals surface area contributed by atoms with Crippen molar-refractivity contribution < 1.29 is 4.39 Å². The second-order valence-electron chi connectivity index (χ2n) is 4.65. The zero-order valence-electron chi connectivity index (χ0n) is 10.7. The van der Waals surface area contributed by atoms with E-state index in [2.05, 4.69) is 0 Å². The zero-order chi connectivity index (χ0) is 14.1. The van der Waals surface area contributed by atoms with Crippen molar-refractivity contribution in [3.05, 3.63) is 65.6 Å². The molecule has 0 aliphatic rings. The van der Waals surface area contributed by atoms with E-state index in [-0.39, 0.29) is 5.56 Å². The van der Waals surface area contributed by atoms with E-state index in [1.54, 1.807) is 12.1 Å². The van der Waals surface area contributed by atoms with E-state index < -0.39 is 5.82 Å². The Hall–Kier alpha value is -2.80. The maximum absolute atomic E-state index is 14.1. The van der Waals surface area contributed by atoms with E-state index in [0.717, 1.165) is 10.9 Å². The Labute approximate surface area is 115 Å². The van der Waals surface area contributed by atoms with Gasteiger partial charge in [-0.05, 0) is 29.7 Å². The van der Waals surface area contributed by atoms with Gasteiger partial charge in [0.05, 0.1) is 17.6 Å². The molecular formula is C16H12FN3. The molecule has 20 heavy (non-hydrogen) atoms. The van der Waals surface area contributed by atoms with Crippen LogP contribution in [0.15, 0.2) is 48.7 Å². The van der Waals surface area contributed by atoms with Gasteiger partial charge in [-0.15, -0.1) is 0 Å². The minimum absolute atomic E-state index is 0.0680. The molecule has 1 heterocycles. The molecule has 0 saturated carbocycles. The van der Waals surface area contributed by atoms with Gasteiger partial charge >= 0.3 is 0 Å². The number of halogens is 1. The smallest absolute Gasteiger partial charge is 0.145 e. The molecule has 2 N–H and O–H groups in total. The highest BCUT2D eigenvalue weighted by molar-refractivity contribution is 5.83. The van der Waals surface area contributed by atoms with Gasteiger partial charge in [-0.1, -0.05) is 18.2 Å². The molecule has 2 aromatic carbocycles. The molecule has 0 unspecified atom stereocenters. The Kier molecular flexibility index (Phi) is 2.88. The Morgan fingerprint density at radius 2 is 2.05 bits per heavy atom. The van der Waals surface area contributed by atoms with E-state index in [1.165, 1.54) is 6.07 Å². The van der Waals surface area contributed by atoms with Crippen molar-refractivity contribution in [3.8, 4) is 6.07 Å². The van der Waals surface area contributed by atoms with Crippen molar-refractivity contribution >= 4 is 16.6 Å². The number of anilines is 1. The van der Waals surface area contributed by atoms with Crippen molar-refractivity contribution in [2.45, 2.75) is 6.54 Å². The fourth-order valence-electron chi connectivity index (χ4n) is 2.31. The van der Waals surface area contributed by atoms with Crippen LogP contribution in [-0.4, -0.2) is 4.57 Å². The Balaban J connectivity index is 2.06. The molecule has 0 atom stereocenters. The number of rotatable bonds is 2. The lowest BCUT2D eigenvalue weighted by atomic mass is 10.1. The largest absolute Gasteiger partial charge is 0.399 e. The molecule has 1 aromatic heterocycles. The number of nitriles is 1. The molecule has 0 spiro atoms. The first-order chi connectivity index (χ1) is 9.69. The van der Waals surface area contributed by atoms with Crippen LogP contribution in [0.1, 0.15) is 11.1 Å². The predicted molar refractivity (Wildman–Crippen MR) is 76.6 cm³/mol. The molecule has 0 aliphatic heterocycles. The quantitative estimate of drug-likeness (QED) is 0.723. The van der Waals surface area contributed by atoms with Crippen molar-refractivity contribution in [1.29, 1.82) is 5.26 Å². The van der Waals surface area contributed by atoms with Gasteiger partial charge in [0.1, 0.15) is 11.9 Å². The molecular weight excluding hydrogens is 253 g/mol. The number of nitrogens with zero attached hydrogens (tertiary/aromatic N) is 2. The van der Waals surface area contributed by atoms with Crippen LogP contribution in [-0.2, 0) is 6.54 Å². The number of hydrogen-bond donors (Lipinski definition) is 1. The van der Waals surface area contributed by atoms with Crippen LogP contribution in [0.2, 0.25) is 0 Å². The third-order valence-corrected chi connectivity index (χ3v) is 3.34. The molecule has 0 bridgehead atoms. The Morgan fingerprint density at radius 3 is 2.85 bits per heavy atom. The van der Waals surface area contributed by atoms with Crippen molar-refractivity contribution in [1.82, 2.24) is 4.57 Å². The van der Waals surface area contributed by atoms with Crippen molar-refractivity contribution in [3.63, 3.8) is 0 Å². The summed E-state index contributed by atoms with van der Waals surface area (Å²) in [5.74, 6) is -0.458. The topological polar surface area (TPSA) is 54.7 Å². The summed E-state index contributed by atoms with van der Waals surface area (Å²) in [4.78, 5) is 0. The average molecular weight is 265 g/mol. The number of nitrogen functional groups attached to an aromatic ring is 1. The molecule has 98 valence electrons. The molecule has 0 saturated heterocycles. The van der Waals surface area contributed by atoms with E-state index in [1.807, 2.05) is 41.1 Å². The second-order valence-corrected chi connectivity index (χ2v) is 4.65. The van der Waals surface area contributed by atoms with Gasteiger partial charge in [0.2, 0.25) is 0 Å². The molecule has 0 aliphatic carbocycles. The van der Waals surface area contributed by atoms with Crippen LogP contribution in [0.4, 0.5) is 10.1 Å². The predicted octanol–water partition coefficient (Wildman–Crippen LogP) is 3.28. The standard InChI is InChI=1S/C16H12FN3/c17-16-12(9-18)2-1-3-13(16)10-20-7-6-11-4-5-14(19)8-15(11)20/h1-8H,10,19H2. The van der Waals surface area contributed by atoms with Gasteiger partial charge in [-0.25, -0.2) is 4.39 Å². The summed E-state index contributed by atoms with van der Waals surface area (Å²) in [5, 5.41) is 9.92. The van der Waals surface area contributed by atoms with Crippen molar-refractivity contribution in [2.75, 3.05) is 5.73 Å². The van der Waals surface area contributed by atoms with E-state index >= 15 is 0 Å². The molecule has 0 fully saturated rings. The number of aromatic nitrogens is 1. The SMILES string of the molecule is N#Cc1cccc(Cn2ccc3ccc(N)cc32)c1F. The van der Waals surface area contributed by atoms with Gasteiger partial charge in [0, 0.05) is 17.4 Å². The third kappa shape index (κ3) is 1.99. The highest BCUT2D eigenvalue weighted by atomic mass is 19.1. The van der Waals surface area contributed by atoms with Gasteiger partial charge in [0.25, 0.3) is 0 Å². The molecule has 3 nitrogen and oxygen atoms in total. The lowest BCUT2D eigenvalue weighted by Gasteiger charge is -2.08. The van der Waals surface area contributed by atoms with Crippen LogP contribution in [0, 0.1) is 17.1 Å². The molecule has 3 rings (SSSR count). The Bertz CT molecular complexity index is 827. The highest BCUT2D eigenvalue weighted by Gasteiger charge is 2.09. The fourth-order valence-corrected chi connectivity index (χ4v) is 2.31. The maximum atomic E-state index is 14.1. The summed E-state index contributed by atoms with van der Waals surface area (Å²) < 4.78 is 16.0. The maximum Gasteiger partial charge on any atom is 0.145 e. The third-order valence-electron chi connectivity index (χ3n) is 3.34. The van der Waals surface area contributed by atoms with Gasteiger partial charge < -0.3 is 10.3 Å². The first-order valence-electron chi connectivity index (χ1n) is 6.21. The average Bonchev–Trinajstić information content (AvgIpc) is 2.83. The van der Waals surface area contributed by atoms with E-state index in [0.29, 0.717) is 17.8 Å². The minimum atomic E-state index is -0.458. The number of nitrogens with two attached hydrogens (primary N) is 1.